The first-order chi connectivity index (χ1) is 8.59. The molecule has 18 heavy (non-hydrogen) atoms. The molecule has 1 aliphatic rings. The molecule has 0 saturated carbocycles. The van der Waals surface area contributed by atoms with E-state index < -0.39 is 6.09 Å². The topological polar surface area (TPSA) is 112 Å². The van der Waals surface area contributed by atoms with Crippen molar-refractivity contribution in [3.63, 3.8) is 0 Å². The van der Waals surface area contributed by atoms with Gasteiger partial charge in [0.25, 0.3) is 0 Å². The van der Waals surface area contributed by atoms with E-state index in [-0.39, 0.29) is 17.1 Å². The van der Waals surface area contributed by atoms with Crippen LogP contribution in [0, 0.1) is 5.21 Å². The fourth-order valence-corrected chi connectivity index (χ4v) is 1.44. The van der Waals surface area contributed by atoms with Gasteiger partial charge >= 0.3 is 6.09 Å². The number of rotatable bonds is 1. The third-order valence-electron chi connectivity index (χ3n) is 2.17. The minimum atomic E-state index is -1.47. The number of hydrogen-bond acceptors (Lipinski definition) is 5. The van der Waals surface area contributed by atoms with E-state index >= 15 is 0 Å². The van der Waals surface area contributed by atoms with Gasteiger partial charge in [-0.25, -0.2) is 9.86 Å². The average molecular weight is 248 g/mol. The van der Waals surface area contributed by atoms with Crippen LogP contribution in [0.25, 0.3) is 0 Å². The summed E-state index contributed by atoms with van der Waals surface area (Å²) in [4.78, 5) is 10.1. The zero-order valence-electron chi connectivity index (χ0n) is 8.96. The second kappa shape index (κ2) is 4.63. The van der Waals surface area contributed by atoms with Crippen LogP contribution in [-0.4, -0.2) is 27.4 Å². The first kappa shape index (κ1) is 11.7. The Morgan fingerprint density at radius 1 is 1.44 bits per heavy atom. The van der Waals surface area contributed by atoms with Crippen LogP contribution in [0.4, 0.5) is 16.2 Å². The van der Waals surface area contributed by atoms with Crippen LogP contribution >= 0.6 is 0 Å². The Bertz CT molecular complexity index is 579. The predicted molar refractivity (Wildman–Crippen MR) is 61.0 cm³/mol. The fourth-order valence-electron chi connectivity index (χ4n) is 1.44. The van der Waals surface area contributed by atoms with Crippen molar-refractivity contribution in [2.45, 2.75) is 0 Å². The van der Waals surface area contributed by atoms with Gasteiger partial charge in [0.1, 0.15) is 5.69 Å². The lowest BCUT2D eigenvalue weighted by Crippen LogP contribution is -2.25. The van der Waals surface area contributed by atoms with Crippen LogP contribution in [0.1, 0.15) is 0 Å². The Labute approximate surface area is 101 Å². The first-order valence-electron chi connectivity index (χ1n) is 4.83. The van der Waals surface area contributed by atoms with E-state index in [4.69, 9.17) is 5.11 Å². The van der Waals surface area contributed by atoms with Gasteiger partial charge in [-0.1, -0.05) is 17.2 Å². The lowest BCUT2D eigenvalue weighted by atomic mass is 10.2. The molecule has 1 aromatic carbocycles. The summed E-state index contributed by atoms with van der Waals surface area (Å²) in [5, 5.41) is 36.5. The maximum absolute atomic E-state index is 11.6. The van der Waals surface area contributed by atoms with Gasteiger partial charge in [-0.3, -0.25) is 5.21 Å². The zero-order valence-corrected chi connectivity index (χ0v) is 8.96. The Balaban J connectivity index is 2.39. The molecule has 0 aliphatic carbocycles. The molecule has 0 aromatic heterocycles. The van der Waals surface area contributed by atoms with Gasteiger partial charge in [0.15, 0.2) is 5.70 Å². The Kier molecular flexibility index (Phi) is 3.02. The monoisotopic (exact) mass is 248 g/mol. The Morgan fingerprint density at radius 3 is 2.89 bits per heavy atom. The number of allylic oxidation sites excluding steroid dienone is 1. The molecule has 8 nitrogen and oxygen atoms in total. The standard InChI is InChI=1S/C10H8N4O4/c15-10(16)12-11-5-7-6-13(17)8-3-1-2-4-9(8)14(7)18/h1-6,18H,(H,15,16)/b7-5+,12-11+. The van der Waals surface area contributed by atoms with Gasteiger partial charge in [-0.05, 0) is 6.07 Å². The highest BCUT2D eigenvalue weighted by molar-refractivity contribution is 5.86. The second-order valence-electron chi connectivity index (χ2n) is 3.31. The summed E-state index contributed by atoms with van der Waals surface area (Å²) in [7, 11) is 0. The molecule has 0 unspecified atom stereocenters. The molecule has 0 atom stereocenters. The molecule has 0 saturated heterocycles. The fraction of sp³-hybridized carbons (Fsp3) is 0. The molecule has 8 heteroatoms. The number of anilines is 1. The minimum absolute atomic E-state index is 0.00806. The highest BCUT2D eigenvalue weighted by Gasteiger charge is 2.24. The van der Waals surface area contributed by atoms with E-state index in [9.17, 15) is 15.2 Å². The molecule has 2 N–H and O–H groups in total. The van der Waals surface area contributed by atoms with Gasteiger partial charge in [0, 0.05) is 6.07 Å². The number of para-hydroxylation sites is 2. The molecule has 0 bridgehead atoms. The maximum Gasteiger partial charge on any atom is 0.449 e. The number of carboxylic acid groups (broad SMARTS) is 1. The zero-order chi connectivity index (χ0) is 13.1. The van der Waals surface area contributed by atoms with Crippen LogP contribution < -0.4 is 5.06 Å². The molecule has 1 aromatic rings. The smallest absolute Gasteiger partial charge is 0.449 e. The van der Waals surface area contributed by atoms with Gasteiger partial charge in [0.05, 0.1) is 6.20 Å². The Hall–Kier alpha value is -2.74. The molecule has 1 aliphatic heterocycles. The third kappa shape index (κ3) is 2.18. The maximum atomic E-state index is 11.6. The third-order valence-corrected chi connectivity index (χ3v) is 2.17. The van der Waals surface area contributed by atoms with E-state index in [0.29, 0.717) is 4.74 Å². The van der Waals surface area contributed by atoms with Crippen LogP contribution in [0.5, 0.6) is 0 Å². The summed E-state index contributed by atoms with van der Waals surface area (Å²) < 4.78 is 0.546. The van der Waals surface area contributed by atoms with Crippen LogP contribution in [0.15, 0.2) is 46.4 Å². The van der Waals surface area contributed by atoms with E-state index in [2.05, 4.69) is 10.2 Å². The quantitative estimate of drug-likeness (QED) is 0.449. The molecule has 0 fully saturated rings. The van der Waals surface area contributed by atoms with Crippen molar-refractivity contribution in [1.82, 2.24) is 0 Å². The number of carbonyl (C=O) groups is 1. The van der Waals surface area contributed by atoms with Crippen molar-refractivity contribution in [2.75, 3.05) is 5.06 Å². The first-order valence-corrected chi connectivity index (χ1v) is 4.83. The van der Waals surface area contributed by atoms with Gasteiger partial charge < -0.3 is 10.3 Å². The normalized spacial score (nSPS) is 16.8. The number of benzene rings is 1. The summed E-state index contributed by atoms with van der Waals surface area (Å²) in [5.74, 6) is 0. The number of nitrogens with zero attached hydrogens (tertiary/aromatic N) is 4. The van der Waals surface area contributed by atoms with Crippen molar-refractivity contribution in [2.24, 2.45) is 10.2 Å². The van der Waals surface area contributed by atoms with E-state index in [1.165, 1.54) is 12.1 Å². The summed E-state index contributed by atoms with van der Waals surface area (Å²) >= 11 is 0. The van der Waals surface area contributed by atoms with Crippen molar-refractivity contribution < 1.29 is 19.8 Å². The van der Waals surface area contributed by atoms with E-state index in [1.807, 2.05) is 0 Å². The molecule has 1 heterocycles. The van der Waals surface area contributed by atoms with Crippen molar-refractivity contribution in [1.29, 1.82) is 0 Å². The van der Waals surface area contributed by atoms with Gasteiger partial charge in [-0.2, -0.15) is 4.74 Å². The number of fused-ring (bicyclic) bond motifs is 1. The van der Waals surface area contributed by atoms with Crippen LogP contribution in [0.3, 0.4) is 0 Å². The average Bonchev–Trinajstić information content (AvgIpc) is 2.35. The predicted octanol–water partition coefficient (Wildman–Crippen LogP) is 2.08. The summed E-state index contributed by atoms with van der Waals surface area (Å²) in [6, 6.07) is 6.38. The highest BCUT2D eigenvalue weighted by Crippen LogP contribution is 2.31. The summed E-state index contributed by atoms with van der Waals surface area (Å²) in [6.07, 6.45) is 0.560. The number of amides is 1. The molecule has 0 radical (unpaired) electrons. The number of azo groups is 1. The molecule has 2 rings (SSSR count). The summed E-state index contributed by atoms with van der Waals surface area (Å²) in [6.45, 7) is 0. The SMILES string of the molecule is O=C(O)/N=N/C=C1\C=[N+]([O-])c2ccccc2N1O. The lowest BCUT2D eigenvalue weighted by molar-refractivity contribution is -0.355. The van der Waals surface area contributed by atoms with Gasteiger partial charge in [0.2, 0.25) is 11.9 Å². The molecular formula is C10H8N4O4. The molecule has 1 amide bonds. The van der Waals surface area contributed by atoms with Crippen LogP contribution in [0.2, 0.25) is 0 Å². The van der Waals surface area contributed by atoms with E-state index in [1.54, 1.807) is 12.1 Å². The molecule has 0 spiro atoms. The van der Waals surface area contributed by atoms with Crippen molar-refractivity contribution >= 4 is 23.7 Å². The van der Waals surface area contributed by atoms with Crippen molar-refractivity contribution in [3.05, 3.63) is 41.4 Å². The Morgan fingerprint density at radius 2 is 2.17 bits per heavy atom. The number of hydrogen-bond donors (Lipinski definition) is 2. The van der Waals surface area contributed by atoms with Crippen LogP contribution in [-0.2, 0) is 0 Å². The minimum Gasteiger partial charge on any atom is -0.618 e. The van der Waals surface area contributed by atoms with Gasteiger partial charge in [-0.15, -0.1) is 5.11 Å². The lowest BCUT2D eigenvalue weighted by Gasteiger charge is -2.22. The summed E-state index contributed by atoms with van der Waals surface area (Å²) in [5.41, 5.74) is 0.549. The number of hydroxylamine groups is 1. The molecular weight excluding hydrogens is 240 g/mol. The molecule has 92 valence electrons. The highest BCUT2D eigenvalue weighted by atomic mass is 16.5. The van der Waals surface area contributed by atoms with E-state index in [0.717, 1.165) is 17.5 Å². The second-order valence-corrected chi connectivity index (χ2v) is 3.31. The van der Waals surface area contributed by atoms with Crippen molar-refractivity contribution in [3.8, 4) is 0 Å². The largest absolute Gasteiger partial charge is 0.618 e.